The van der Waals surface area contributed by atoms with Crippen molar-refractivity contribution in [3.63, 3.8) is 0 Å². The number of hydrogen-bond donors (Lipinski definition) is 0. The molecule has 0 aliphatic carbocycles. The molecule has 0 fully saturated rings. The monoisotopic (exact) mass is 425 g/mol. The van der Waals surface area contributed by atoms with E-state index in [0.29, 0.717) is 28.1 Å². The van der Waals surface area contributed by atoms with Gasteiger partial charge in [-0.3, -0.25) is 9.69 Å². The van der Waals surface area contributed by atoms with E-state index in [1.807, 2.05) is 24.3 Å². The summed E-state index contributed by atoms with van der Waals surface area (Å²) in [6, 6.07) is 13.0. The summed E-state index contributed by atoms with van der Waals surface area (Å²) in [5.41, 5.74) is 3.57. The Labute approximate surface area is 181 Å². The number of halogens is 1. The molecule has 1 aliphatic rings. The lowest BCUT2D eigenvalue weighted by atomic mass is 9.99. The smallest absolute Gasteiger partial charge is 0.340 e. The zero-order valence-electron chi connectivity index (χ0n) is 17.7. The second kappa shape index (κ2) is 8.76. The molecule has 0 bridgehead atoms. The number of ether oxygens (including phenoxy) is 2. The van der Waals surface area contributed by atoms with Gasteiger partial charge in [0.25, 0.3) is 5.91 Å². The van der Waals surface area contributed by atoms with E-state index < -0.39 is 5.97 Å². The normalized spacial score (nSPS) is 15.4. The van der Waals surface area contributed by atoms with Crippen molar-refractivity contribution in [2.75, 3.05) is 19.1 Å². The van der Waals surface area contributed by atoms with Crippen molar-refractivity contribution in [3.8, 4) is 5.75 Å². The lowest BCUT2D eigenvalue weighted by molar-refractivity contribution is -0.136. The highest BCUT2D eigenvalue weighted by Gasteiger charge is 2.38. The van der Waals surface area contributed by atoms with E-state index in [4.69, 9.17) is 21.1 Å². The van der Waals surface area contributed by atoms with Crippen LogP contribution in [0.4, 0.5) is 5.69 Å². The van der Waals surface area contributed by atoms with E-state index in [-0.39, 0.29) is 17.1 Å². The Kier molecular flexibility index (Phi) is 6.32. The standard InChI is InChI=1S/C24H24ClNO4/c1-14(2)17-8-6-16(7-9-17)12-19-22(24(28)30-5)15(3)26(23(19)27)18-10-11-21(29-4)20(25)13-18/h6-14H,1-5H3/b19-12-. The molecule has 2 aromatic rings. The molecule has 1 heterocycles. The Balaban J connectivity index is 2.08. The van der Waals surface area contributed by atoms with Crippen molar-refractivity contribution in [1.82, 2.24) is 0 Å². The molecule has 3 rings (SSSR count). The van der Waals surface area contributed by atoms with Gasteiger partial charge in [-0.05, 0) is 48.2 Å². The number of nitrogens with zero attached hydrogens (tertiary/aromatic N) is 1. The lowest BCUT2D eigenvalue weighted by Crippen LogP contribution is -2.24. The van der Waals surface area contributed by atoms with Crippen LogP contribution in [0.3, 0.4) is 0 Å². The Hall–Kier alpha value is -3.05. The average Bonchev–Trinajstić information content (AvgIpc) is 2.97. The number of carbonyl (C=O) groups excluding carboxylic acids is 2. The molecule has 0 atom stereocenters. The lowest BCUT2D eigenvalue weighted by Gasteiger charge is -2.19. The number of anilines is 1. The zero-order valence-corrected chi connectivity index (χ0v) is 18.4. The first-order valence-corrected chi connectivity index (χ1v) is 9.95. The van der Waals surface area contributed by atoms with E-state index in [1.165, 1.54) is 24.7 Å². The first kappa shape index (κ1) is 21.7. The summed E-state index contributed by atoms with van der Waals surface area (Å²) in [6.45, 7) is 5.95. The number of benzene rings is 2. The van der Waals surface area contributed by atoms with E-state index in [0.717, 1.165) is 5.56 Å². The van der Waals surface area contributed by atoms with Crippen LogP contribution in [0.5, 0.6) is 5.75 Å². The van der Waals surface area contributed by atoms with Crippen molar-refractivity contribution in [1.29, 1.82) is 0 Å². The first-order chi connectivity index (χ1) is 14.3. The van der Waals surface area contributed by atoms with Crippen LogP contribution in [0.1, 0.15) is 37.8 Å². The number of amides is 1. The predicted octanol–water partition coefficient (Wildman–Crippen LogP) is 5.35. The fourth-order valence-corrected chi connectivity index (χ4v) is 3.68. The maximum Gasteiger partial charge on any atom is 0.340 e. The largest absolute Gasteiger partial charge is 0.495 e. The van der Waals surface area contributed by atoms with Crippen LogP contribution in [0.2, 0.25) is 5.02 Å². The Bertz CT molecular complexity index is 1050. The van der Waals surface area contributed by atoms with Crippen molar-refractivity contribution < 1.29 is 19.1 Å². The third-order valence-corrected chi connectivity index (χ3v) is 5.39. The van der Waals surface area contributed by atoms with Gasteiger partial charge in [0.2, 0.25) is 0 Å². The van der Waals surface area contributed by atoms with Gasteiger partial charge >= 0.3 is 5.97 Å². The summed E-state index contributed by atoms with van der Waals surface area (Å²) >= 11 is 6.25. The van der Waals surface area contributed by atoms with Gasteiger partial charge in [0, 0.05) is 5.70 Å². The van der Waals surface area contributed by atoms with Crippen LogP contribution in [-0.2, 0) is 14.3 Å². The average molecular weight is 426 g/mol. The molecule has 0 unspecified atom stereocenters. The number of carbonyl (C=O) groups is 2. The summed E-state index contributed by atoms with van der Waals surface area (Å²) < 4.78 is 10.1. The molecule has 1 amide bonds. The van der Waals surface area contributed by atoms with Crippen molar-refractivity contribution in [2.24, 2.45) is 0 Å². The van der Waals surface area contributed by atoms with Gasteiger partial charge in [0.1, 0.15) is 5.75 Å². The molecule has 0 saturated carbocycles. The van der Waals surface area contributed by atoms with Crippen molar-refractivity contribution in [2.45, 2.75) is 26.7 Å². The van der Waals surface area contributed by atoms with Gasteiger partial charge in [-0.15, -0.1) is 0 Å². The van der Waals surface area contributed by atoms with Crippen LogP contribution in [-0.4, -0.2) is 26.1 Å². The minimum atomic E-state index is -0.562. The SMILES string of the molecule is COC(=O)C1=C(C)N(c2ccc(OC)c(Cl)c2)C(=O)/C1=C\c1ccc(C(C)C)cc1. The van der Waals surface area contributed by atoms with Crippen LogP contribution in [0.25, 0.3) is 6.08 Å². The summed E-state index contributed by atoms with van der Waals surface area (Å²) in [5, 5.41) is 0.372. The van der Waals surface area contributed by atoms with E-state index in [9.17, 15) is 9.59 Å². The number of rotatable bonds is 5. The molecular weight excluding hydrogens is 402 g/mol. The van der Waals surface area contributed by atoms with Gasteiger partial charge in [0.15, 0.2) is 0 Å². The van der Waals surface area contributed by atoms with Crippen LogP contribution in [0, 0.1) is 0 Å². The molecule has 0 N–H and O–H groups in total. The number of methoxy groups -OCH3 is 2. The first-order valence-electron chi connectivity index (χ1n) is 9.57. The van der Waals surface area contributed by atoms with E-state index in [1.54, 1.807) is 31.2 Å². The number of esters is 1. The summed E-state index contributed by atoms with van der Waals surface area (Å²) in [4.78, 5) is 27.3. The Morgan fingerprint density at radius 3 is 2.30 bits per heavy atom. The molecule has 6 heteroatoms. The number of allylic oxidation sites excluding steroid dienone is 1. The van der Waals surface area contributed by atoms with Crippen molar-refractivity contribution >= 4 is 35.2 Å². The van der Waals surface area contributed by atoms with Crippen LogP contribution < -0.4 is 9.64 Å². The predicted molar refractivity (Wildman–Crippen MR) is 119 cm³/mol. The minimum Gasteiger partial charge on any atom is -0.495 e. The molecule has 0 radical (unpaired) electrons. The van der Waals surface area contributed by atoms with Gasteiger partial charge in [-0.1, -0.05) is 49.7 Å². The molecule has 0 aromatic heterocycles. The molecule has 156 valence electrons. The molecular formula is C24H24ClNO4. The molecule has 1 aliphatic heterocycles. The van der Waals surface area contributed by atoms with Gasteiger partial charge < -0.3 is 9.47 Å². The van der Waals surface area contributed by atoms with E-state index >= 15 is 0 Å². The fraction of sp³-hybridized carbons (Fsp3) is 0.250. The van der Waals surface area contributed by atoms with Gasteiger partial charge in [0.05, 0.1) is 36.1 Å². The highest BCUT2D eigenvalue weighted by atomic mass is 35.5. The topological polar surface area (TPSA) is 55.8 Å². The maximum atomic E-state index is 13.3. The molecule has 5 nitrogen and oxygen atoms in total. The summed E-state index contributed by atoms with van der Waals surface area (Å²) in [6.07, 6.45) is 1.72. The van der Waals surface area contributed by atoms with Gasteiger partial charge in [-0.2, -0.15) is 0 Å². The minimum absolute atomic E-state index is 0.238. The molecule has 0 spiro atoms. The highest BCUT2D eigenvalue weighted by Crippen LogP contribution is 2.38. The van der Waals surface area contributed by atoms with Crippen LogP contribution in [0.15, 0.2) is 59.3 Å². The quantitative estimate of drug-likeness (QED) is 0.478. The third kappa shape index (κ3) is 3.98. The maximum absolute atomic E-state index is 13.3. The summed E-state index contributed by atoms with van der Waals surface area (Å²) in [7, 11) is 2.82. The summed E-state index contributed by atoms with van der Waals surface area (Å²) in [5.74, 6) is 0.0286. The van der Waals surface area contributed by atoms with Crippen LogP contribution >= 0.6 is 11.6 Å². The fourth-order valence-electron chi connectivity index (χ4n) is 3.43. The highest BCUT2D eigenvalue weighted by molar-refractivity contribution is 6.32. The molecule has 2 aromatic carbocycles. The Morgan fingerprint density at radius 1 is 1.10 bits per heavy atom. The van der Waals surface area contributed by atoms with Gasteiger partial charge in [-0.25, -0.2) is 4.79 Å². The van der Waals surface area contributed by atoms with Crippen molar-refractivity contribution in [3.05, 3.63) is 75.5 Å². The Morgan fingerprint density at radius 2 is 1.77 bits per heavy atom. The second-order valence-corrected chi connectivity index (χ2v) is 7.70. The van der Waals surface area contributed by atoms with E-state index in [2.05, 4.69) is 13.8 Å². The second-order valence-electron chi connectivity index (χ2n) is 7.29. The molecule has 0 saturated heterocycles. The molecule has 30 heavy (non-hydrogen) atoms. The number of hydrogen-bond acceptors (Lipinski definition) is 4. The third-order valence-electron chi connectivity index (χ3n) is 5.10. The zero-order chi connectivity index (χ0) is 22.0.